The minimum atomic E-state index is -0.280. The number of hydrogen-bond acceptors (Lipinski definition) is 7. The van der Waals surface area contributed by atoms with Crippen molar-refractivity contribution in [2.45, 2.75) is 32.2 Å². The van der Waals surface area contributed by atoms with E-state index >= 15 is 0 Å². The Kier molecular flexibility index (Phi) is 4.79. The van der Waals surface area contributed by atoms with E-state index in [9.17, 15) is 4.79 Å². The van der Waals surface area contributed by atoms with Crippen molar-refractivity contribution in [2.75, 3.05) is 26.2 Å². The van der Waals surface area contributed by atoms with Gasteiger partial charge in [0.2, 0.25) is 5.91 Å². The van der Waals surface area contributed by atoms with Crippen LogP contribution in [0.3, 0.4) is 0 Å². The first-order valence-electron chi connectivity index (χ1n) is 10.2. The minimum Gasteiger partial charge on any atom is -0.493 e. The molecule has 0 radical (unpaired) electrons. The van der Waals surface area contributed by atoms with E-state index in [0.717, 1.165) is 47.3 Å². The fourth-order valence-electron chi connectivity index (χ4n) is 4.10. The maximum absolute atomic E-state index is 11.1. The molecule has 1 saturated heterocycles. The Morgan fingerprint density at radius 2 is 2.20 bits per heavy atom. The summed E-state index contributed by atoms with van der Waals surface area (Å²) in [5, 5.41) is 5.24. The lowest BCUT2D eigenvalue weighted by atomic mass is 9.89. The Balaban J connectivity index is 1.48. The molecule has 0 bridgehead atoms. The third-order valence-corrected chi connectivity index (χ3v) is 6.72. The number of aromatic nitrogens is 4. The Hall–Kier alpha value is -2.78. The maximum atomic E-state index is 11.1. The number of fused-ring (bicyclic) bond motifs is 3. The zero-order valence-electron chi connectivity index (χ0n) is 17.0. The largest absolute Gasteiger partial charge is 0.493 e. The van der Waals surface area contributed by atoms with E-state index in [0.29, 0.717) is 19.1 Å². The van der Waals surface area contributed by atoms with E-state index in [4.69, 9.17) is 15.5 Å². The number of carbonyl (C=O) groups excluding carboxylic acids is 1. The molecule has 0 saturated carbocycles. The van der Waals surface area contributed by atoms with Gasteiger partial charge in [0.05, 0.1) is 18.8 Å². The van der Waals surface area contributed by atoms with Crippen LogP contribution in [0.1, 0.15) is 36.2 Å². The number of hydrogen-bond donors (Lipinski definition) is 1. The fourth-order valence-corrected chi connectivity index (χ4v) is 5.15. The number of benzene rings is 1. The molecule has 2 N–H and O–H groups in total. The van der Waals surface area contributed by atoms with Gasteiger partial charge in [-0.2, -0.15) is 5.10 Å². The summed E-state index contributed by atoms with van der Waals surface area (Å²) < 4.78 is 7.91. The van der Waals surface area contributed by atoms with Crippen molar-refractivity contribution >= 4 is 17.2 Å². The number of likely N-dealkylation sites (tertiary alicyclic amines) is 1. The van der Waals surface area contributed by atoms with Gasteiger partial charge in [-0.05, 0) is 31.5 Å². The molecule has 8 nitrogen and oxygen atoms in total. The number of amides is 1. The second-order valence-corrected chi connectivity index (χ2v) is 9.21. The smallest absolute Gasteiger partial charge is 0.231 e. The highest BCUT2D eigenvalue weighted by atomic mass is 32.1. The molecule has 30 heavy (non-hydrogen) atoms. The topological polar surface area (TPSA) is 99.2 Å². The average Bonchev–Trinajstić information content (AvgIpc) is 3.28. The number of nitrogens with two attached hydrogens (primary N) is 1. The number of rotatable bonds is 5. The van der Waals surface area contributed by atoms with E-state index in [1.54, 1.807) is 17.7 Å². The van der Waals surface area contributed by atoms with E-state index in [1.807, 2.05) is 10.7 Å². The molecule has 9 heteroatoms. The lowest BCUT2D eigenvalue weighted by molar-refractivity contribution is -0.120. The average molecular weight is 425 g/mol. The second-order valence-electron chi connectivity index (χ2n) is 8.12. The van der Waals surface area contributed by atoms with Crippen LogP contribution in [0, 0.1) is 0 Å². The first kappa shape index (κ1) is 19.2. The van der Waals surface area contributed by atoms with Crippen LogP contribution in [0.25, 0.3) is 22.1 Å². The zero-order valence-corrected chi connectivity index (χ0v) is 17.9. The molecule has 0 aliphatic carbocycles. The summed E-state index contributed by atoms with van der Waals surface area (Å²) in [7, 11) is 0. The van der Waals surface area contributed by atoms with Crippen LogP contribution in [0.15, 0.2) is 24.5 Å². The van der Waals surface area contributed by atoms with Crippen LogP contribution in [0.2, 0.25) is 0 Å². The first-order chi connectivity index (χ1) is 14.5. The molecule has 2 aromatic heterocycles. The molecule has 2 aliphatic heterocycles. The third kappa shape index (κ3) is 3.37. The molecule has 1 aromatic carbocycles. The standard InChI is InChI=1S/C21H24N6O2S/c1-12(2)27-20(23-11-24-27)21-25-19-15-7-13(14-8-26(9-14)10-18(22)28)3-4-16(15)29-6-5-17(19)30-21/h3-4,7,11-12,14H,5-6,8-10H2,1-2H3,(H2,22,28). The zero-order chi connectivity index (χ0) is 20.8. The van der Waals surface area contributed by atoms with E-state index in [2.05, 4.69) is 41.0 Å². The van der Waals surface area contributed by atoms with Crippen LogP contribution in [-0.4, -0.2) is 56.8 Å². The van der Waals surface area contributed by atoms with Gasteiger partial charge in [-0.25, -0.2) is 14.6 Å². The van der Waals surface area contributed by atoms with Crippen molar-refractivity contribution in [1.82, 2.24) is 24.6 Å². The lowest BCUT2D eigenvalue weighted by Crippen LogP contribution is -2.48. The molecule has 0 unspecified atom stereocenters. The van der Waals surface area contributed by atoms with Crippen LogP contribution < -0.4 is 10.5 Å². The molecule has 1 amide bonds. The molecule has 0 spiro atoms. The maximum Gasteiger partial charge on any atom is 0.231 e. The van der Waals surface area contributed by atoms with Crippen molar-refractivity contribution in [3.05, 3.63) is 35.0 Å². The Bertz CT molecular complexity index is 1100. The molecule has 156 valence electrons. The third-order valence-electron chi connectivity index (χ3n) is 5.60. The SMILES string of the molecule is CC(C)n1ncnc1-c1nc2c(s1)CCOc1ccc(C3CN(CC(N)=O)C3)cc1-2. The lowest BCUT2D eigenvalue weighted by Gasteiger charge is -2.38. The minimum absolute atomic E-state index is 0.218. The number of carbonyl (C=O) groups is 1. The summed E-state index contributed by atoms with van der Waals surface area (Å²) in [6.45, 7) is 6.82. The molecular weight excluding hydrogens is 400 g/mol. The van der Waals surface area contributed by atoms with Gasteiger partial charge in [0.25, 0.3) is 0 Å². The highest BCUT2D eigenvalue weighted by Crippen LogP contribution is 2.42. The van der Waals surface area contributed by atoms with Crippen LogP contribution in [-0.2, 0) is 11.2 Å². The van der Waals surface area contributed by atoms with E-state index in [-0.39, 0.29) is 11.9 Å². The van der Waals surface area contributed by atoms with Gasteiger partial charge in [0.1, 0.15) is 12.1 Å². The Labute approximate surface area is 178 Å². The van der Waals surface area contributed by atoms with Crippen LogP contribution in [0.4, 0.5) is 0 Å². The van der Waals surface area contributed by atoms with E-state index < -0.39 is 0 Å². The fraction of sp³-hybridized carbons (Fsp3) is 0.429. The highest BCUT2D eigenvalue weighted by molar-refractivity contribution is 7.15. The number of ether oxygens (including phenoxy) is 1. The molecule has 2 aliphatic rings. The van der Waals surface area contributed by atoms with Crippen molar-refractivity contribution in [1.29, 1.82) is 0 Å². The van der Waals surface area contributed by atoms with Crippen LogP contribution in [0.5, 0.6) is 5.75 Å². The number of primary amides is 1. The van der Waals surface area contributed by atoms with Crippen LogP contribution >= 0.6 is 11.3 Å². The molecular formula is C21H24N6O2S. The summed E-state index contributed by atoms with van der Waals surface area (Å²) in [5.41, 5.74) is 8.56. The van der Waals surface area contributed by atoms with Gasteiger partial charge >= 0.3 is 0 Å². The molecule has 5 rings (SSSR count). The van der Waals surface area contributed by atoms with Crippen molar-refractivity contribution in [2.24, 2.45) is 5.73 Å². The van der Waals surface area contributed by atoms with Gasteiger partial charge in [0, 0.05) is 41.9 Å². The normalized spacial score (nSPS) is 16.5. The monoisotopic (exact) mass is 424 g/mol. The Morgan fingerprint density at radius 1 is 1.37 bits per heavy atom. The summed E-state index contributed by atoms with van der Waals surface area (Å²) in [6, 6.07) is 6.59. The molecule has 1 fully saturated rings. The van der Waals surface area contributed by atoms with E-state index in [1.165, 1.54) is 10.4 Å². The number of nitrogens with zero attached hydrogens (tertiary/aromatic N) is 5. The summed E-state index contributed by atoms with van der Waals surface area (Å²) in [6.07, 6.45) is 2.41. The van der Waals surface area contributed by atoms with Gasteiger partial charge in [-0.1, -0.05) is 6.07 Å². The summed E-state index contributed by atoms with van der Waals surface area (Å²) in [4.78, 5) is 23.8. The van der Waals surface area contributed by atoms with Gasteiger partial charge < -0.3 is 10.5 Å². The summed E-state index contributed by atoms with van der Waals surface area (Å²) in [5.74, 6) is 1.79. The quantitative estimate of drug-likeness (QED) is 0.676. The first-order valence-corrected chi connectivity index (χ1v) is 11.0. The van der Waals surface area contributed by atoms with Crippen molar-refractivity contribution in [3.8, 4) is 27.8 Å². The van der Waals surface area contributed by atoms with Crippen molar-refractivity contribution < 1.29 is 9.53 Å². The van der Waals surface area contributed by atoms with Gasteiger partial charge in [-0.15, -0.1) is 11.3 Å². The highest BCUT2D eigenvalue weighted by Gasteiger charge is 2.30. The number of thiazole rings is 1. The predicted molar refractivity (Wildman–Crippen MR) is 115 cm³/mol. The Morgan fingerprint density at radius 3 is 2.97 bits per heavy atom. The summed E-state index contributed by atoms with van der Waals surface area (Å²) >= 11 is 1.67. The predicted octanol–water partition coefficient (Wildman–Crippen LogP) is 2.47. The second kappa shape index (κ2) is 7.48. The molecule has 4 heterocycles. The van der Waals surface area contributed by atoms with Crippen molar-refractivity contribution in [3.63, 3.8) is 0 Å². The van der Waals surface area contributed by atoms with Gasteiger partial charge in [-0.3, -0.25) is 9.69 Å². The molecule has 3 aromatic rings. The molecule has 0 atom stereocenters. The van der Waals surface area contributed by atoms with Gasteiger partial charge in [0.15, 0.2) is 10.8 Å².